The molecular formula is C10H11F5N2O2S. The molecule has 0 atom stereocenters. The van der Waals surface area contributed by atoms with E-state index >= 15 is 0 Å². The highest BCUT2D eigenvalue weighted by Crippen LogP contribution is 2.24. The summed E-state index contributed by atoms with van der Waals surface area (Å²) in [6.07, 6.45) is -4.04. The number of nitrogens with one attached hydrogen (secondary N) is 1. The van der Waals surface area contributed by atoms with E-state index in [0.717, 1.165) is 12.1 Å². The molecule has 0 bridgehead atoms. The van der Waals surface area contributed by atoms with Gasteiger partial charge < -0.3 is 5.73 Å². The van der Waals surface area contributed by atoms with Crippen LogP contribution < -0.4 is 10.5 Å². The summed E-state index contributed by atoms with van der Waals surface area (Å²) in [6.45, 7) is -0.437. The molecular weight excluding hydrogens is 307 g/mol. The van der Waals surface area contributed by atoms with Gasteiger partial charge in [-0.2, -0.15) is 8.78 Å². The molecule has 0 radical (unpaired) electrons. The molecule has 4 nitrogen and oxygen atoms in total. The molecule has 0 saturated carbocycles. The summed E-state index contributed by atoms with van der Waals surface area (Å²) < 4.78 is 87.0. The Balaban J connectivity index is 3.04. The average molecular weight is 318 g/mol. The normalized spacial score (nSPS) is 12.9. The minimum atomic E-state index is -4.72. The molecule has 1 rings (SSSR count). The molecule has 0 aliphatic rings. The Morgan fingerprint density at radius 2 is 1.90 bits per heavy atom. The van der Waals surface area contributed by atoms with Crippen molar-refractivity contribution < 1.29 is 30.4 Å². The third kappa shape index (κ3) is 3.57. The fourth-order valence-electron chi connectivity index (χ4n) is 1.22. The van der Waals surface area contributed by atoms with Crippen LogP contribution in [0.1, 0.15) is 5.56 Å². The van der Waals surface area contributed by atoms with E-state index in [4.69, 9.17) is 5.73 Å². The van der Waals surface area contributed by atoms with Crippen molar-refractivity contribution in [2.75, 3.05) is 12.3 Å². The number of benzene rings is 1. The molecule has 1 aromatic rings. The standard InChI is InChI=1S/C10H11F5N2O2S/c1-5-2-6(11)8(3-7(5)16)20(18,19)17-4-10(14,15)9(12)13/h2-3,9,17H,4,16H2,1H3. The van der Waals surface area contributed by atoms with Crippen LogP contribution in [0, 0.1) is 12.7 Å². The Hall–Kier alpha value is -1.42. The number of anilines is 1. The summed E-state index contributed by atoms with van der Waals surface area (Å²) in [6, 6.07) is 1.53. The number of nitrogens with two attached hydrogens (primary N) is 1. The van der Waals surface area contributed by atoms with Crippen molar-refractivity contribution in [2.45, 2.75) is 24.2 Å². The number of aryl methyl sites for hydroxylation is 1. The van der Waals surface area contributed by atoms with Gasteiger partial charge in [0.15, 0.2) is 0 Å². The van der Waals surface area contributed by atoms with Gasteiger partial charge in [0.25, 0.3) is 0 Å². The van der Waals surface area contributed by atoms with Gasteiger partial charge in [-0.1, -0.05) is 0 Å². The minimum Gasteiger partial charge on any atom is -0.398 e. The molecule has 0 amide bonds. The first-order valence-electron chi connectivity index (χ1n) is 5.18. The van der Waals surface area contributed by atoms with E-state index in [1.165, 1.54) is 11.6 Å². The summed E-state index contributed by atoms with van der Waals surface area (Å²) in [7, 11) is -4.72. The fourth-order valence-corrected chi connectivity index (χ4v) is 2.36. The zero-order valence-electron chi connectivity index (χ0n) is 10.1. The Morgan fingerprint density at radius 3 is 2.40 bits per heavy atom. The van der Waals surface area contributed by atoms with E-state index in [1.807, 2.05) is 0 Å². The van der Waals surface area contributed by atoms with Gasteiger partial charge in [-0.15, -0.1) is 0 Å². The number of hydrogen-bond donors (Lipinski definition) is 2. The second-order valence-corrected chi connectivity index (χ2v) is 5.76. The van der Waals surface area contributed by atoms with E-state index in [2.05, 4.69) is 0 Å². The number of rotatable bonds is 5. The zero-order chi connectivity index (χ0) is 15.7. The van der Waals surface area contributed by atoms with Crippen molar-refractivity contribution in [2.24, 2.45) is 0 Å². The Bertz CT molecular complexity index is 604. The molecule has 1 aromatic carbocycles. The number of sulfonamides is 1. The molecule has 0 saturated heterocycles. The van der Waals surface area contributed by atoms with E-state index in [1.54, 1.807) is 0 Å². The molecule has 0 fully saturated rings. The molecule has 114 valence electrons. The predicted molar refractivity (Wildman–Crippen MR) is 61.7 cm³/mol. The second kappa shape index (κ2) is 5.52. The number of hydrogen-bond acceptors (Lipinski definition) is 3. The molecule has 0 unspecified atom stereocenters. The summed E-state index contributed by atoms with van der Waals surface area (Å²) in [5, 5.41) is 0. The SMILES string of the molecule is Cc1cc(F)c(S(=O)(=O)NCC(F)(F)C(F)F)cc1N. The van der Waals surface area contributed by atoms with Crippen LogP contribution in [0.15, 0.2) is 17.0 Å². The van der Waals surface area contributed by atoms with Crippen molar-refractivity contribution >= 4 is 15.7 Å². The van der Waals surface area contributed by atoms with Crippen LogP contribution in [0.25, 0.3) is 0 Å². The van der Waals surface area contributed by atoms with Crippen LogP contribution in [0.4, 0.5) is 27.6 Å². The van der Waals surface area contributed by atoms with Crippen LogP contribution in [0.3, 0.4) is 0 Å². The lowest BCUT2D eigenvalue weighted by Crippen LogP contribution is -2.41. The van der Waals surface area contributed by atoms with Gasteiger partial charge in [0, 0.05) is 5.69 Å². The monoisotopic (exact) mass is 318 g/mol. The molecule has 3 N–H and O–H groups in total. The topological polar surface area (TPSA) is 72.2 Å². The van der Waals surface area contributed by atoms with E-state index in [0.29, 0.717) is 0 Å². The van der Waals surface area contributed by atoms with Crippen molar-refractivity contribution in [3.63, 3.8) is 0 Å². The van der Waals surface area contributed by atoms with Crippen molar-refractivity contribution in [1.29, 1.82) is 0 Å². The molecule has 0 heterocycles. The average Bonchev–Trinajstić information content (AvgIpc) is 2.31. The first kappa shape index (κ1) is 16.6. The second-order valence-electron chi connectivity index (χ2n) is 4.03. The molecule has 0 spiro atoms. The minimum absolute atomic E-state index is 0.0765. The lowest BCUT2D eigenvalue weighted by atomic mass is 10.2. The van der Waals surface area contributed by atoms with Crippen LogP contribution in [0.2, 0.25) is 0 Å². The number of halogens is 5. The molecule has 0 aromatic heterocycles. The third-order valence-corrected chi connectivity index (χ3v) is 3.84. The fraction of sp³-hybridized carbons (Fsp3) is 0.400. The highest BCUT2D eigenvalue weighted by molar-refractivity contribution is 7.89. The molecule has 10 heteroatoms. The lowest BCUT2D eigenvalue weighted by Gasteiger charge is -2.16. The lowest BCUT2D eigenvalue weighted by molar-refractivity contribution is -0.122. The largest absolute Gasteiger partial charge is 0.398 e. The maximum absolute atomic E-state index is 13.5. The summed E-state index contributed by atoms with van der Waals surface area (Å²) in [5.41, 5.74) is 5.56. The van der Waals surface area contributed by atoms with Crippen molar-refractivity contribution in [3.8, 4) is 0 Å². The van der Waals surface area contributed by atoms with E-state index in [-0.39, 0.29) is 11.3 Å². The smallest absolute Gasteiger partial charge is 0.320 e. The zero-order valence-corrected chi connectivity index (χ0v) is 10.9. The highest BCUT2D eigenvalue weighted by atomic mass is 32.2. The van der Waals surface area contributed by atoms with Gasteiger partial charge in [-0.3, -0.25) is 0 Å². The molecule has 0 aliphatic heterocycles. The predicted octanol–water partition coefficient (Wildman–Crippen LogP) is 1.90. The van der Waals surface area contributed by atoms with Crippen LogP contribution in [-0.2, 0) is 10.0 Å². The summed E-state index contributed by atoms with van der Waals surface area (Å²) in [4.78, 5) is -0.981. The Morgan fingerprint density at radius 1 is 1.35 bits per heavy atom. The van der Waals surface area contributed by atoms with Gasteiger partial charge in [-0.25, -0.2) is 26.3 Å². The first-order chi connectivity index (χ1) is 8.97. The summed E-state index contributed by atoms with van der Waals surface area (Å²) >= 11 is 0. The molecule has 20 heavy (non-hydrogen) atoms. The van der Waals surface area contributed by atoms with Gasteiger partial charge in [-0.05, 0) is 24.6 Å². The third-order valence-electron chi connectivity index (χ3n) is 2.43. The van der Waals surface area contributed by atoms with E-state index in [9.17, 15) is 30.4 Å². The highest BCUT2D eigenvalue weighted by Gasteiger charge is 2.41. The van der Waals surface area contributed by atoms with Gasteiger partial charge in [0.2, 0.25) is 10.0 Å². The van der Waals surface area contributed by atoms with Gasteiger partial charge in [0.1, 0.15) is 10.7 Å². The summed E-state index contributed by atoms with van der Waals surface area (Å²) in [5.74, 6) is -5.77. The quantitative estimate of drug-likeness (QED) is 0.643. The van der Waals surface area contributed by atoms with Crippen LogP contribution >= 0.6 is 0 Å². The molecule has 0 aliphatic carbocycles. The number of alkyl halides is 4. The van der Waals surface area contributed by atoms with Crippen molar-refractivity contribution in [1.82, 2.24) is 4.72 Å². The van der Waals surface area contributed by atoms with E-state index < -0.39 is 39.6 Å². The van der Waals surface area contributed by atoms with Gasteiger partial charge in [0.05, 0.1) is 6.54 Å². The number of nitrogen functional groups attached to an aromatic ring is 1. The first-order valence-corrected chi connectivity index (χ1v) is 6.67. The maximum Gasteiger partial charge on any atom is 0.320 e. The van der Waals surface area contributed by atoms with Crippen LogP contribution in [-0.4, -0.2) is 27.3 Å². The maximum atomic E-state index is 13.5. The Labute approximate surface area is 111 Å². The van der Waals surface area contributed by atoms with Crippen molar-refractivity contribution in [3.05, 3.63) is 23.5 Å². The van der Waals surface area contributed by atoms with Crippen LogP contribution in [0.5, 0.6) is 0 Å². The van der Waals surface area contributed by atoms with Gasteiger partial charge >= 0.3 is 12.3 Å². The Kier molecular flexibility index (Phi) is 4.59.